The van der Waals surface area contributed by atoms with E-state index in [4.69, 9.17) is 19.4 Å². The molecule has 5 rings (SSSR count). The van der Waals surface area contributed by atoms with Crippen LogP contribution in [0.4, 0.5) is 16.4 Å². The number of nitrogens with zero attached hydrogens (tertiary/aromatic N) is 4. The topological polar surface area (TPSA) is 91.9 Å². The van der Waals surface area contributed by atoms with Crippen molar-refractivity contribution in [3.63, 3.8) is 0 Å². The van der Waals surface area contributed by atoms with Gasteiger partial charge in [-0.25, -0.2) is 9.78 Å². The molecule has 2 unspecified atom stereocenters. The SMILES string of the molecule is CCNC(=O)Nc1ccc(-c2nc(N3CC4CCC(C3)O4)nc3c2CN(CC)CC(C)(C)O3)cc1. The Balaban J connectivity index is 1.54. The van der Waals surface area contributed by atoms with Gasteiger partial charge in [-0.1, -0.05) is 19.1 Å². The van der Waals surface area contributed by atoms with Crippen molar-refractivity contribution in [3.8, 4) is 17.1 Å². The van der Waals surface area contributed by atoms with E-state index in [9.17, 15) is 4.79 Å². The van der Waals surface area contributed by atoms with Crippen molar-refractivity contribution in [2.24, 2.45) is 0 Å². The highest BCUT2D eigenvalue weighted by Gasteiger charge is 2.37. The molecule has 3 aliphatic rings. The predicted octanol–water partition coefficient (Wildman–Crippen LogP) is 3.65. The van der Waals surface area contributed by atoms with Gasteiger partial charge in [0.2, 0.25) is 11.8 Å². The maximum absolute atomic E-state index is 11.9. The summed E-state index contributed by atoms with van der Waals surface area (Å²) in [6.45, 7) is 12.9. The lowest BCUT2D eigenvalue weighted by atomic mass is 10.1. The normalized spacial score (nSPS) is 23.3. The molecule has 2 aromatic rings. The van der Waals surface area contributed by atoms with Crippen molar-refractivity contribution in [2.45, 2.75) is 64.9 Å². The molecule has 35 heavy (non-hydrogen) atoms. The van der Waals surface area contributed by atoms with E-state index in [-0.39, 0.29) is 23.8 Å². The van der Waals surface area contributed by atoms with Crippen LogP contribution in [-0.2, 0) is 11.3 Å². The molecular formula is C26H36N6O3. The second-order valence-electron chi connectivity index (χ2n) is 10.2. The van der Waals surface area contributed by atoms with Gasteiger partial charge in [-0.05, 0) is 52.3 Å². The van der Waals surface area contributed by atoms with Gasteiger partial charge in [-0.3, -0.25) is 4.90 Å². The first kappa shape index (κ1) is 23.8. The molecule has 188 valence electrons. The number of morpholine rings is 1. The number of nitrogens with one attached hydrogen (secondary N) is 2. The van der Waals surface area contributed by atoms with Crippen LogP contribution in [0.2, 0.25) is 0 Å². The third-order valence-electron chi connectivity index (χ3n) is 6.84. The molecule has 4 heterocycles. The highest BCUT2D eigenvalue weighted by molar-refractivity contribution is 5.89. The van der Waals surface area contributed by atoms with Crippen LogP contribution in [0.3, 0.4) is 0 Å². The fourth-order valence-electron chi connectivity index (χ4n) is 5.22. The standard InChI is InChI=1S/C26H36N6O3/c1-5-27-25(33)28-18-9-7-17(8-10-18)22-21-15-31(6-2)16-26(3,4)35-23(21)30-24(29-22)32-13-19-11-12-20(14-32)34-19/h7-10,19-20H,5-6,11-16H2,1-4H3,(H2,27,28,33). The molecule has 3 aliphatic heterocycles. The number of fused-ring (bicyclic) bond motifs is 3. The average Bonchev–Trinajstić information content (AvgIpc) is 3.09. The summed E-state index contributed by atoms with van der Waals surface area (Å²) in [5, 5.41) is 5.62. The molecule has 0 radical (unpaired) electrons. The number of urea groups is 1. The average molecular weight is 481 g/mol. The van der Waals surface area contributed by atoms with Crippen LogP contribution in [0.1, 0.15) is 46.1 Å². The van der Waals surface area contributed by atoms with Crippen LogP contribution in [0.5, 0.6) is 5.88 Å². The number of hydrogen-bond acceptors (Lipinski definition) is 7. The van der Waals surface area contributed by atoms with Crippen LogP contribution in [-0.4, -0.2) is 71.4 Å². The Morgan fingerprint density at radius 2 is 1.83 bits per heavy atom. The highest BCUT2D eigenvalue weighted by atomic mass is 16.5. The lowest BCUT2D eigenvalue weighted by Crippen LogP contribution is -2.43. The van der Waals surface area contributed by atoms with Crippen LogP contribution in [0, 0.1) is 0 Å². The molecule has 9 heteroatoms. The largest absolute Gasteiger partial charge is 0.470 e. The van der Waals surface area contributed by atoms with E-state index < -0.39 is 0 Å². The van der Waals surface area contributed by atoms with E-state index in [0.717, 1.165) is 68.1 Å². The van der Waals surface area contributed by atoms with Gasteiger partial charge >= 0.3 is 6.03 Å². The summed E-state index contributed by atoms with van der Waals surface area (Å²) in [6, 6.07) is 7.61. The minimum atomic E-state index is -0.366. The lowest BCUT2D eigenvalue weighted by molar-refractivity contribution is 0.0297. The number of benzene rings is 1. The first-order valence-electron chi connectivity index (χ1n) is 12.7. The predicted molar refractivity (Wildman–Crippen MR) is 136 cm³/mol. The van der Waals surface area contributed by atoms with E-state index in [1.807, 2.05) is 31.2 Å². The molecular weight excluding hydrogens is 444 g/mol. The smallest absolute Gasteiger partial charge is 0.319 e. The molecule has 2 saturated heterocycles. The molecule has 2 atom stereocenters. The molecule has 2 amide bonds. The Hall–Kier alpha value is -2.91. The van der Waals surface area contributed by atoms with Crippen molar-refractivity contribution >= 4 is 17.7 Å². The van der Waals surface area contributed by atoms with Gasteiger partial charge in [0.05, 0.1) is 23.5 Å². The summed E-state index contributed by atoms with van der Waals surface area (Å²) in [5.74, 6) is 1.36. The summed E-state index contributed by atoms with van der Waals surface area (Å²) < 4.78 is 12.6. The van der Waals surface area contributed by atoms with Gasteiger partial charge < -0.3 is 25.0 Å². The molecule has 9 nitrogen and oxygen atoms in total. The first-order valence-corrected chi connectivity index (χ1v) is 12.7. The minimum absolute atomic E-state index is 0.213. The maximum atomic E-state index is 11.9. The van der Waals surface area contributed by atoms with Gasteiger partial charge in [0.15, 0.2) is 0 Å². The van der Waals surface area contributed by atoms with Gasteiger partial charge in [-0.2, -0.15) is 4.98 Å². The summed E-state index contributed by atoms with van der Waals surface area (Å²) in [4.78, 5) is 26.6. The zero-order valence-corrected chi connectivity index (χ0v) is 21.1. The Labute approximate surface area is 207 Å². The molecule has 0 aliphatic carbocycles. The Morgan fingerprint density at radius 1 is 1.11 bits per heavy atom. The Kier molecular flexibility index (Phi) is 6.55. The number of likely N-dealkylation sites (N-methyl/N-ethyl adjacent to an activating group) is 1. The Morgan fingerprint density at radius 3 is 2.49 bits per heavy atom. The van der Waals surface area contributed by atoms with Crippen molar-refractivity contribution in [1.82, 2.24) is 20.2 Å². The van der Waals surface area contributed by atoms with Gasteiger partial charge in [-0.15, -0.1) is 0 Å². The Bertz CT molecular complexity index is 1060. The molecule has 0 spiro atoms. The molecule has 2 bridgehead atoms. The fourth-order valence-corrected chi connectivity index (χ4v) is 5.22. The summed E-state index contributed by atoms with van der Waals surface area (Å²) in [7, 11) is 0. The van der Waals surface area contributed by atoms with Crippen LogP contribution in [0.25, 0.3) is 11.3 Å². The number of anilines is 2. The van der Waals surface area contributed by atoms with Gasteiger partial charge in [0, 0.05) is 44.0 Å². The molecule has 1 aromatic carbocycles. The maximum Gasteiger partial charge on any atom is 0.319 e. The highest BCUT2D eigenvalue weighted by Crippen LogP contribution is 2.37. The van der Waals surface area contributed by atoms with Crippen LogP contribution >= 0.6 is 0 Å². The number of ether oxygens (including phenoxy) is 2. The molecule has 1 aromatic heterocycles. The molecule has 2 fully saturated rings. The van der Waals surface area contributed by atoms with E-state index in [2.05, 4.69) is 41.2 Å². The third-order valence-corrected chi connectivity index (χ3v) is 6.84. The van der Waals surface area contributed by atoms with E-state index in [1.54, 1.807) is 0 Å². The van der Waals surface area contributed by atoms with E-state index in [0.29, 0.717) is 18.4 Å². The summed E-state index contributed by atoms with van der Waals surface area (Å²) in [5.41, 5.74) is 3.22. The van der Waals surface area contributed by atoms with Crippen molar-refractivity contribution in [1.29, 1.82) is 0 Å². The number of hydrogen-bond donors (Lipinski definition) is 2. The minimum Gasteiger partial charge on any atom is -0.470 e. The number of carbonyl (C=O) groups excluding carboxylic acids is 1. The lowest BCUT2D eigenvalue weighted by Gasteiger charge is -2.33. The van der Waals surface area contributed by atoms with Crippen molar-refractivity contribution < 1.29 is 14.3 Å². The van der Waals surface area contributed by atoms with E-state index in [1.165, 1.54) is 0 Å². The second-order valence-corrected chi connectivity index (χ2v) is 10.2. The number of aromatic nitrogens is 2. The van der Waals surface area contributed by atoms with Crippen LogP contribution in [0.15, 0.2) is 24.3 Å². The number of carbonyl (C=O) groups is 1. The van der Waals surface area contributed by atoms with Gasteiger partial charge in [0.1, 0.15) is 5.60 Å². The first-order chi connectivity index (χ1) is 16.8. The number of amides is 2. The number of rotatable bonds is 5. The quantitative estimate of drug-likeness (QED) is 0.675. The zero-order valence-electron chi connectivity index (χ0n) is 21.1. The van der Waals surface area contributed by atoms with E-state index >= 15 is 0 Å². The summed E-state index contributed by atoms with van der Waals surface area (Å²) in [6.07, 6.45) is 2.67. The monoisotopic (exact) mass is 480 g/mol. The third kappa shape index (κ3) is 5.21. The zero-order chi connectivity index (χ0) is 24.6. The van der Waals surface area contributed by atoms with Crippen molar-refractivity contribution in [2.75, 3.05) is 42.9 Å². The molecule has 2 N–H and O–H groups in total. The summed E-state index contributed by atoms with van der Waals surface area (Å²) >= 11 is 0. The molecule has 0 saturated carbocycles. The van der Waals surface area contributed by atoms with Crippen LogP contribution < -0.4 is 20.3 Å². The second kappa shape index (κ2) is 9.62. The fraction of sp³-hybridized carbons (Fsp3) is 0.577. The van der Waals surface area contributed by atoms with Crippen molar-refractivity contribution in [3.05, 3.63) is 29.8 Å². The van der Waals surface area contributed by atoms with Gasteiger partial charge in [0.25, 0.3) is 0 Å².